The van der Waals surface area contributed by atoms with Crippen LogP contribution in [-0.2, 0) is 19.1 Å². The predicted octanol–water partition coefficient (Wildman–Crippen LogP) is 2.28. The Morgan fingerprint density at radius 2 is 1.24 bits per heavy atom. The Morgan fingerprint density at radius 3 is 1.60 bits per heavy atom. The molecule has 0 aromatic heterocycles. The van der Waals surface area contributed by atoms with E-state index in [1.807, 2.05) is 14.1 Å². The summed E-state index contributed by atoms with van der Waals surface area (Å²) in [4.78, 5) is 28.0. The van der Waals surface area contributed by atoms with Crippen LogP contribution < -0.4 is 0 Å². The van der Waals surface area contributed by atoms with Crippen LogP contribution in [0.15, 0.2) is 0 Å². The second-order valence-corrected chi connectivity index (χ2v) is 6.89. The van der Waals surface area contributed by atoms with Gasteiger partial charge in [0, 0.05) is 25.9 Å². The quantitative estimate of drug-likeness (QED) is 0.639. The highest BCUT2D eigenvalue weighted by Crippen LogP contribution is 2.15. The lowest BCUT2D eigenvalue weighted by molar-refractivity contribution is -0.153. The topological polar surface area (TPSA) is 59.1 Å². The number of esters is 2. The van der Waals surface area contributed by atoms with E-state index in [0.29, 0.717) is 19.3 Å². The van der Waals surface area contributed by atoms with Crippen molar-refractivity contribution in [2.24, 2.45) is 0 Å². The van der Waals surface area contributed by atoms with Crippen LogP contribution in [-0.4, -0.2) is 74.2 Å². The normalized spacial score (nSPS) is 24.6. The highest BCUT2D eigenvalue weighted by atomic mass is 35.5. The molecule has 0 amide bonds. The van der Waals surface area contributed by atoms with Gasteiger partial charge in [0.05, 0.1) is 0 Å². The minimum Gasteiger partial charge on any atom is -0.461 e. The maximum absolute atomic E-state index is 11.8. The van der Waals surface area contributed by atoms with Gasteiger partial charge in [0.25, 0.3) is 0 Å². The van der Waals surface area contributed by atoms with Crippen LogP contribution in [0.4, 0.5) is 0 Å². The van der Waals surface area contributed by atoms with Crippen molar-refractivity contribution in [3.8, 4) is 0 Å². The monoisotopic (exact) mass is 398 g/mol. The summed E-state index contributed by atoms with van der Waals surface area (Å²) in [6, 6.07) is 0. The van der Waals surface area contributed by atoms with Gasteiger partial charge in [-0.3, -0.25) is 9.59 Å². The fourth-order valence-electron chi connectivity index (χ4n) is 3.30. The van der Waals surface area contributed by atoms with Crippen molar-refractivity contribution in [3.05, 3.63) is 0 Å². The van der Waals surface area contributed by atoms with E-state index in [1.165, 1.54) is 0 Å². The third kappa shape index (κ3) is 9.64. The molecule has 25 heavy (non-hydrogen) atoms. The lowest BCUT2D eigenvalue weighted by Crippen LogP contribution is -2.38. The fourth-order valence-corrected chi connectivity index (χ4v) is 3.30. The van der Waals surface area contributed by atoms with Gasteiger partial charge in [0.15, 0.2) is 0 Å². The zero-order valence-corrected chi connectivity index (χ0v) is 16.9. The highest BCUT2D eigenvalue weighted by Gasteiger charge is 2.22. The van der Waals surface area contributed by atoms with Crippen molar-refractivity contribution in [1.29, 1.82) is 0 Å². The first-order valence-electron chi connectivity index (χ1n) is 8.79. The Bertz CT molecular complexity index is 376. The van der Waals surface area contributed by atoms with E-state index in [0.717, 1.165) is 51.9 Å². The Balaban J connectivity index is 0.00000288. The van der Waals surface area contributed by atoms with E-state index < -0.39 is 0 Å². The molecule has 0 aliphatic carbocycles. The van der Waals surface area contributed by atoms with Gasteiger partial charge in [0.1, 0.15) is 12.2 Å². The lowest BCUT2D eigenvalue weighted by Gasteiger charge is -2.29. The van der Waals surface area contributed by atoms with E-state index in [-0.39, 0.29) is 49.0 Å². The number of piperidine rings is 2. The summed E-state index contributed by atoms with van der Waals surface area (Å²) in [5, 5.41) is 0. The van der Waals surface area contributed by atoms with Gasteiger partial charge in [-0.05, 0) is 59.3 Å². The van der Waals surface area contributed by atoms with Crippen molar-refractivity contribution >= 4 is 36.8 Å². The summed E-state index contributed by atoms with van der Waals surface area (Å²) in [6.45, 7) is 3.75. The van der Waals surface area contributed by atoms with Crippen molar-refractivity contribution < 1.29 is 19.1 Å². The zero-order chi connectivity index (χ0) is 16.7. The summed E-state index contributed by atoms with van der Waals surface area (Å²) in [5.41, 5.74) is 0. The van der Waals surface area contributed by atoms with Crippen LogP contribution in [0.3, 0.4) is 0 Å². The van der Waals surface area contributed by atoms with Gasteiger partial charge in [-0.15, -0.1) is 24.8 Å². The number of hydrogen-bond acceptors (Lipinski definition) is 6. The standard InChI is InChI=1S/C17H30N2O4.2ClH/c1-18-10-4-6-14(12-18)22-16(20)8-3-9-17(21)23-15-7-5-11-19(2)13-15;;/h14-15H,3-13H2,1-2H3;2*1H. The third-order valence-electron chi connectivity index (χ3n) is 4.52. The molecular formula is C17H32Cl2N2O4. The molecule has 2 aliphatic heterocycles. The summed E-state index contributed by atoms with van der Waals surface area (Å²) < 4.78 is 10.9. The zero-order valence-electron chi connectivity index (χ0n) is 15.3. The number of nitrogens with zero attached hydrogens (tertiary/aromatic N) is 2. The van der Waals surface area contributed by atoms with Crippen LogP contribution in [0.2, 0.25) is 0 Å². The Kier molecular flexibility index (Phi) is 12.5. The van der Waals surface area contributed by atoms with Crippen molar-refractivity contribution in [2.75, 3.05) is 40.3 Å². The molecule has 0 aromatic rings. The molecule has 0 saturated carbocycles. The van der Waals surface area contributed by atoms with Crippen LogP contribution in [0.5, 0.6) is 0 Å². The van der Waals surface area contributed by atoms with Gasteiger partial charge in [-0.1, -0.05) is 0 Å². The molecule has 0 radical (unpaired) electrons. The molecule has 2 heterocycles. The first kappa shape index (κ1) is 24.4. The molecule has 2 saturated heterocycles. The van der Waals surface area contributed by atoms with Crippen molar-refractivity contribution in [2.45, 2.75) is 57.2 Å². The van der Waals surface area contributed by atoms with Crippen molar-refractivity contribution in [3.63, 3.8) is 0 Å². The SMILES string of the molecule is CN1CCCC(OC(=O)CCCC(=O)OC2CCCN(C)C2)C1.Cl.Cl. The molecule has 8 heteroatoms. The van der Waals surface area contributed by atoms with Gasteiger partial charge >= 0.3 is 11.9 Å². The van der Waals surface area contributed by atoms with Crippen LogP contribution >= 0.6 is 24.8 Å². The molecule has 2 unspecified atom stereocenters. The first-order valence-corrected chi connectivity index (χ1v) is 8.79. The average Bonchev–Trinajstić information content (AvgIpc) is 2.47. The molecule has 0 bridgehead atoms. The molecule has 2 atom stereocenters. The molecule has 2 aliphatic rings. The molecule has 2 rings (SSSR count). The fraction of sp³-hybridized carbons (Fsp3) is 0.882. The van der Waals surface area contributed by atoms with Gasteiger partial charge in [-0.25, -0.2) is 0 Å². The first-order chi connectivity index (χ1) is 11.0. The van der Waals surface area contributed by atoms with Crippen LogP contribution in [0.25, 0.3) is 0 Å². The summed E-state index contributed by atoms with van der Waals surface area (Å²) >= 11 is 0. The summed E-state index contributed by atoms with van der Waals surface area (Å²) in [5.74, 6) is -0.397. The van der Waals surface area contributed by atoms with Gasteiger partial charge in [-0.2, -0.15) is 0 Å². The molecule has 6 nitrogen and oxygen atoms in total. The molecule has 148 valence electrons. The van der Waals surface area contributed by atoms with E-state index >= 15 is 0 Å². The second kappa shape index (κ2) is 12.7. The van der Waals surface area contributed by atoms with Gasteiger partial charge in [0.2, 0.25) is 0 Å². The molecule has 0 aromatic carbocycles. The number of halogens is 2. The van der Waals surface area contributed by atoms with E-state index in [1.54, 1.807) is 0 Å². The molecular weight excluding hydrogens is 367 g/mol. The van der Waals surface area contributed by atoms with Crippen molar-refractivity contribution in [1.82, 2.24) is 9.80 Å². The number of carbonyl (C=O) groups excluding carboxylic acids is 2. The van der Waals surface area contributed by atoms with Crippen LogP contribution in [0.1, 0.15) is 44.9 Å². The summed E-state index contributed by atoms with van der Waals surface area (Å²) in [7, 11) is 4.08. The maximum Gasteiger partial charge on any atom is 0.306 e. The number of ether oxygens (including phenoxy) is 2. The number of likely N-dealkylation sites (N-methyl/N-ethyl adjacent to an activating group) is 2. The minimum atomic E-state index is -0.199. The Hall–Kier alpha value is -0.560. The number of rotatable bonds is 6. The minimum absolute atomic E-state index is 0. The average molecular weight is 399 g/mol. The number of hydrogen-bond donors (Lipinski definition) is 0. The summed E-state index contributed by atoms with van der Waals surface area (Å²) in [6.07, 6.45) is 5.10. The molecule has 2 fully saturated rings. The lowest BCUT2D eigenvalue weighted by atomic mass is 10.1. The largest absolute Gasteiger partial charge is 0.461 e. The molecule has 0 spiro atoms. The molecule has 0 N–H and O–H groups in total. The second-order valence-electron chi connectivity index (χ2n) is 6.89. The highest BCUT2D eigenvalue weighted by molar-refractivity contribution is 5.85. The van der Waals surface area contributed by atoms with Gasteiger partial charge < -0.3 is 19.3 Å². The number of likely N-dealkylation sites (tertiary alicyclic amines) is 2. The predicted molar refractivity (Wildman–Crippen MR) is 102 cm³/mol. The smallest absolute Gasteiger partial charge is 0.306 e. The van der Waals surface area contributed by atoms with Crippen LogP contribution in [0, 0.1) is 0 Å². The van der Waals surface area contributed by atoms with E-state index in [2.05, 4.69) is 9.80 Å². The maximum atomic E-state index is 11.8. The Morgan fingerprint density at radius 1 is 0.840 bits per heavy atom. The van der Waals surface area contributed by atoms with E-state index in [9.17, 15) is 9.59 Å². The number of carbonyl (C=O) groups is 2. The third-order valence-corrected chi connectivity index (χ3v) is 4.52. The Labute approximate surface area is 163 Å². The van der Waals surface area contributed by atoms with E-state index in [4.69, 9.17) is 9.47 Å².